The molecule has 1 saturated heterocycles. The van der Waals surface area contributed by atoms with E-state index in [-0.39, 0.29) is 11.3 Å². The first kappa shape index (κ1) is 21.5. The van der Waals surface area contributed by atoms with Gasteiger partial charge in [0.25, 0.3) is 5.91 Å². The maximum absolute atomic E-state index is 12.7. The highest BCUT2D eigenvalue weighted by molar-refractivity contribution is 7.89. The number of sulfonamides is 1. The monoisotopic (exact) mass is 462 g/mol. The third kappa shape index (κ3) is 5.12. The molecule has 0 saturated carbocycles. The summed E-state index contributed by atoms with van der Waals surface area (Å²) in [5.41, 5.74) is 0.996. The Bertz CT molecular complexity index is 1150. The molecular weight excluding hydrogens is 440 g/mol. The van der Waals surface area contributed by atoms with E-state index >= 15 is 0 Å². The number of amides is 1. The van der Waals surface area contributed by atoms with Crippen LogP contribution in [0.25, 0.3) is 4.96 Å². The molecule has 1 N–H and O–H groups in total. The largest absolute Gasteiger partial charge is 0.455 e. The van der Waals surface area contributed by atoms with Crippen LogP contribution < -0.4 is 5.32 Å². The van der Waals surface area contributed by atoms with E-state index in [0.29, 0.717) is 24.5 Å². The standard InChI is InChI=1S/C20H22N4O5S2/c25-18(14-29-19(26)12-16-13-23-10-11-30-20(23)22-16)21-15-4-6-17(7-5-15)31(27,28)24-8-2-1-3-9-24/h4-7,10-11,13H,1-3,8-9,12,14H2,(H,21,25). The number of esters is 1. The average Bonchev–Trinajstić information content (AvgIpc) is 3.35. The van der Waals surface area contributed by atoms with E-state index in [4.69, 9.17) is 4.74 Å². The summed E-state index contributed by atoms with van der Waals surface area (Å²) in [7, 11) is -3.52. The first-order chi connectivity index (χ1) is 14.9. The maximum atomic E-state index is 12.7. The minimum Gasteiger partial charge on any atom is -0.455 e. The predicted molar refractivity (Wildman–Crippen MR) is 115 cm³/mol. The van der Waals surface area contributed by atoms with E-state index in [2.05, 4.69) is 10.3 Å². The summed E-state index contributed by atoms with van der Waals surface area (Å²) in [5, 5.41) is 4.49. The van der Waals surface area contributed by atoms with Crippen molar-refractivity contribution in [2.75, 3.05) is 25.0 Å². The highest BCUT2D eigenvalue weighted by Gasteiger charge is 2.25. The van der Waals surface area contributed by atoms with Gasteiger partial charge in [-0.05, 0) is 37.1 Å². The number of piperidine rings is 1. The molecule has 0 bridgehead atoms. The van der Waals surface area contributed by atoms with Crippen LogP contribution in [0.5, 0.6) is 0 Å². The molecule has 1 aliphatic heterocycles. The number of nitrogens with zero attached hydrogens (tertiary/aromatic N) is 3. The number of hydrogen-bond donors (Lipinski definition) is 1. The third-order valence-corrected chi connectivity index (χ3v) is 7.61. The van der Waals surface area contributed by atoms with Crippen molar-refractivity contribution < 1.29 is 22.7 Å². The summed E-state index contributed by atoms with van der Waals surface area (Å²) in [5.74, 6) is -1.06. The van der Waals surface area contributed by atoms with E-state index in [1.807, 2.05) is 16.0 Å². The summed E-state index contributed by atoms with van der Waals surface area (Å²) in [6.07, 6.45) is 6.34. The Kier molecular flexibility index (Phi) is 6.35. The van der Waals surface area contributed by atoms with Crippen molar-refractivity contribution >= 4 is 43.9 Å². The van der Waals surface area contributed by atoms with Crippen LogP contribution in [-0.4, -0.2) is 53.7 Å². The second-order valence-corrected chi connectivity index (χ2v) is 10.0. The molecule has 1 aliphatic rings. The van der Waals surface area contributed by atoms with Gasteiger partial charge in [-0.2, -0.15) is 4.31 Å². The van der Waals surface area contributed by atoms with Crippen LogP contribution in [0.4, 0.5) is 5.69 Å². The Hall–Kier alpha value is -2.76. The number of anilines is 1. The summed E-state index contributed by atoms with van der Waals surface area (Å²) in [6.45, 7) is 0.626. The summed E-state index contributed by atoms with van der Waals surface area (Å²) >= 11 is 1.46. The molecule has 3 aromatic rings. The van der Waals surface area contributed by atoms with Gasteiger partial charge in [-0.25, -0.2) is 13.4 Å². The van der Waals surface area contributed by atoms with Crippen molar-refractivity contribution in [1.82, 2.24) is 13.7 Å². The zero-order chi connectivity index (χ0) is 21.8. The fourth-order valence-corrected chi connectivity index (χ4v) is 5.60. The van der Waals surface area contributed by atoms with Crippen molar-refractivity contribution in [3.63, 3.8) is 0 Å². The highest BCUT2D eigenvalue weighted by atomic mass is 32.2. The normalized spacial score (nSPS) is 15.1. The zero-order valence-electron chi connectivity index (χ0n) is 16.7. The van der Waals surface area contributed by atoms with Gasteiger partial charge in [0.2, 0.25) is 10.0 Å². The van der Waals surface area contributed by atoms with Crippen LogP contribution in [0.2, 0.25) is 0 Å². The van der Waals surface area contributed by atoms with Crippen LogP contribution in [0.15, 0.2) is 46.9 Å². The van der Waals surface area contributed by atoms with Gasteiger partial charge >= 0.3 is 5.97 Å². The number of imidazole rings is 1. The Morgan fingerprint density at radius 2 is 1.87 bits per heavy atom. The van der Waals surface area contributed by atoms with E-state index < -0.39 is 28.5 Å². The first-order valence-electron chi connectivity index (χ1n) is 9.88. The molecule has 0 radical (unpaired) electrons. The molecule has 0 atom stereocenters. The molecule has 0 spiro atoms. The number of thiazole rings is 1. The number of ether oxygens (including phenoxy) is 1. The van der Waals surface area contributed by atoms with Gasteiger partial charge in [0.15, 0.2) is 11.6 Å². The Morgan fingerprint density at radius 3 is 2.58 bits per heavy atom. The lowest BCUT2D eigenvalue weighted by Crippen LogP contribution is -2.35. The molecular formula is C20H22N4O5S2. The Labute approximate surface area is 183 Å². The van der Waals surface area contributed by atoms with Crippen molar-refractivity contribution in [1.29, 1.82) is 0 Å². The van der Waals surface area contributed by atoms with Crippen molar-refractivity contribution in [3.05, 3.63) is 47.7 Å². The van der Waals surface area contributed by atoms with Crippen molar-refractivity contribution in [2.24, 2.45) is 0 Å². The lowest BCUT2D eigenvalue weighted by Gasteiger charge is -2.25. The molecule has 1 aromatic carbocycles. The maximum Gasteiger partial charge on any atom is 0.312 e. The molecule has 31 heavy (non-hydrogen) atoms. The molecule has 164 valence electrons. The molecule has 4 rings (SSSR count). The number of aromatic nitrogens is 2. The van der Waals surface area contributed by atoms with Crippen molar-refractivity contribution in [3.8, 4) is 0 Å². The predicted octanol–water partition coefficient (Wildman–Crippen LogP) is 2.29. The topological polar surface area (TPSA) is 110 Å². The number of carbonyl (C=O) groups excluding carboxylic acids is 2. The van der Waals surface area contributed by atoms with E-state index in [1.54, 1.807) is 6.20 Å². The van der Waals surface area contributed by atoms with E-state index in [1.165, 1.54) is 39.9 Å². The highest BCUT2D eigenvalue weighted by Crippen LogP contribution is 2.22. The number of carbonyl (C=O) groups is 2. The van der Waals surface area contributed by atoms with E-state index in [0.717, 1.165) is 24.2 Å². The number of hydrogen-bond acceptors (Lipinski definition) is 7. The third-order valence-electron chi connectivity index (χ3n) is 4.92. The average molecular weight is 463 g/mol. The molecule has 2 aromatic heterocycles. The fourth-order valence-electron chi connectivity index (χ4n) is 3.37. The Balaban J connectivity index is 1.27. The second-order valence-electron chi connectivity index (χ2n) is 7.20. The second kappa shape index (κ2) is 9.16. The van der Waals surface area contributed by atoms with Crippen LogP contribution in [0.1, 0.15) is 25.0 Å². The van der Waals surface area contributed by atoms with Gasteiger partial charge in [0, 0.05) is 36.6 Å². The number of fused-ring (bicyclic) bond motifs is 1. The van der Waals surface area contributed by atoms with Crippen LogP contribution in [-0.2, 0) is 30.8 Å². The smallest absolute Gasteiger partial charge is 0.312 e. The van der Waals surface area contributed by atoms with Gasteiger partial charge in [-0.1, -0.05) is 6.42 Å². The number of benzene rings is 1. The molecule has 9 nitrogen and oxygen atoms in total. The SMILES string of the molecule is O=C(COC(=O)Cc1cn2ccsc2n1)Nc1ccc(S(=O)(=O)N2CCCCC2)cc1. The summed E-state index contributed by atoms with van der Waals surface area (Å²) in [6, 6.07) is 5.98. The molecule has 1 fully saturated rings. The Morgan fingerprint density at radius 1 is 1.13 bits per heavy atom. The summed E-state index contributed by atoms with van der Waals surface area (Å²) < 4.78 is 33.6. The number of nitrogens with one attached hydrogen (secondary N) is 1. The van der Waals surface area contributed by atoms with Gasteiger partial charge in [-0.15, -0.1) is 11.3 Å². The van der Waals surface area contributed by atoms with Gasteiger partial charge in [0.1, 0.15) is 0 Å². The lowest BCUT2D eigenvalue weighted by molar-refractivity contribution is -0.146. The van der Waals surface area contributed by atoms with Gasteiger partial charge < -0.3 is 10.1 Å². The fraction of sp³-hybridized carbons (Fsp3) is 0.350. The number of rotatable bonds is 7. The van der Waals surface area contributed by atoms with Crippen LogP contribution >= 0.6 is 11.3 Å². The lowest BCUT2D eigenvalue weighted by atomic mass is 10.2. The van der Waals surface area contributed by atoms with Gasteiger partial charge in [-0.3, -0.25) is 14.0 Å². The van der Waals surface area contributed by atoms with Crippen LogP contribution in [0, 0.1) is 0 Å². The molecule has 0 unspecified atom stereocenters. The first-order valence-corrected chi connectivity index (χ1v) is 12.2. The summed E-state index contributed by atoms with van der Waals surface area (Å²) in [4.78, 5) is 29.3. The molecule has 1 amide bonds. The zero-order valence-corrected chi connectivity index (χ0v) is 18.3. The quantitative estimate of drug-likeness (QED) is 0.540. The van der Waals surface area contributed by atoms with Gasteiger partial charge in [0.05, 0.1) is 17.0 Å². The molecule has 3 heterocycles. The molecule has 0 aliphatic carbocycles. The minimum absolute atomic E-state index is 0.0231. The van der Waals surface area contributed by atoms with E-state index in [9.17, 15) is 18.0 Å². The van der Waals surface area contributed by atoms with Crippen molar-refractivity contribution in [2.45, 2.75) is 30.6 Å². The van der Waals surface area contributed by atoms with Crippen LogP contribution in [0.3, 0.4) is 0 Å². The minimum atomic E-state index is -3.52. The molecule has 11 heteroatoms.